The highest BCUT2D eigenvalue weighted by atomic mass is 28.2. The highest BCUT2D eigenvalue weighted by molar-refractivity contribution is 6.25. The van der Waals surface area contributed by atoms with Crippen LogP contribution in [-0.4, -0.2) is 9.76 Å². The minimum atomic E-state index is 0.611. The zero-order valence-electron chi connectivity index (χ0n) is 8.64. The summed E-state index contributed by atoms with van der Waals surface area (Å²) in [6, 6.07) is 0. The lowest BCUT2D eigenvalue weighted by Gasteiger charge is -2.10. The molecule has 1 aliphatic carbocycles. The van der Waals surface area contributed by atoms with Crippen molar-refractivity contribution in [3.05, 3.63) is 11.8 Å². The Morgan fingerprint density at radius 3 is 2.54 bits per heavy atom. The lowest BCUT2D eigenvalue weighted by Crippen LogP contribution is -1.96. The summed E-state index contributed by atoms with van der Waals surface area (Å²) in [4.78, 5) is 0. The van der Waals surface area contributed by atoms with E-state index >= 15 is 0 Å². The normalized spacial score (nSPS) is 24.5. The first-order valence-electron chi connectivity index (χ1n) is 5.46. The van der Waals surface area contributed by atoms with Crippen LogP contribution >= 0.6 is 0 Å². The molecule has 0 saturated carbocycles. The summed E-state index contributed by atoms with van der Waals surface area (Å²) in [5.74, 6) is 1.25. The molecule has 0 saturated heterocycles. The fourth-order valence-corrected chi connectivity index (χ4v) is 2.19. The van der Waals surface area contributed by atoms with E-state index in [1.807, 2.05) is 0 Å². The van der Waals surface area contributed by atoms with Crippen LogP contribution in [-0.2, 0) is 4.43 Å². The summed E-state index contributed by atoms with van der Waals surface area (Å²) < 4.78 is 5.60. The second-order valence-electron chi connectivity index (χ2n) is 3.64. The topological polar surface area (TPSA) is 9.23 Å². The highest BCUT2D eigenvalue weighted by Crippen LogP contribution is 2.17. The standard InChI is InChI=1S/C11H20OSi/c1-13-12-11-9-7-5-3-2-4-6-8-10-11/h9H,2-8,10H2,1H3/b11-9+. The Morgan fingerprint density at radius 1 is 1.08 bits per heavy atom. The molecular formula is C11H20OSi. The van der Waals surface area contributed by atoms with Crippen LogP contribution in [0.25, 0.3) is 0 Å². The lowest BCUT2D eigenvalue weighted by molar-refractivity contribution is 0.412. The largest absolute Gasteiger partial charge is 0.544 e. The molecule has 2 radical (unpaired) electrons. The van der Waals surface area contributed by atoms with Gasteiger partial charge in [0, 0.05) is 6.42 Å². The molecule has 74 valence electrons. The van der Waals surface area contributed by atoms with E-state index in [9.17, 15) is 0 Å². The maximum atomic E-state index is 5.60. The van der Waals surface area contributed by atoms with Crippen molar-refractivity contribution >= 4 is 9.76 Å². The summed E-state index contributed by atoms with van der Waals surface area (Å²) in [5.41, 5.74) is 0. The summed E-state index contributed by atoms with van der Waals surface area (Å²) >= 11 is 0. The third-order valence-electron chi connectivity index (χ3n) is 2.48. The molecule has 2 heteroatoms. The molecule has 0 atom stereocenters. The fourth-order valence-electron chi connectivity index (χ4n) is 1.74. The minimum absolute atomic E-state index is 0.611. The van der Waals surface area contributed by atoms with Gasteiger partial charge in [0.15, 0.2) is 0 Å². The molecule has 0 aromatic heterocycles. The van der Waals surface area contributed by atoms with Gasteiger partial charge in [-0.3, -0.25) is 0 Å². The first-order valence-corrected chi connectivity index (χ1v) is 6.87. The molecule has 1 aliphatic rings. The molecule has 0 spiro atoms. The van der Waals surface area contributed by atoms with Gasteiger partial charge >= 0.3 is 9.76 Å². The Balaban J connectivity index is 2.33. The monoisotopic (exact) mass is 196 g/mol. The van der Waals surface area contributed by atoms with Crippen LogP contribution in [0.4, 0.5) is 0 Å². The lowest BCUT2D eigenvalue weighted by atomic mass is 10.0. The number of allylic oxidation sites excluding steroid dienone is 2. The molecule has 0 aromatic rings. The van der Waals surface area contributed by atoms with Gasteiger partial charge in [0.05, 0.1) is 5.76 Å². The zero-order valence-corrected chi connectivity index (χ0v) is 9.64. The Hall–Kier alpha value is -0.243. The van der Waals surface area contributed by atoms with E-state index < -0.39 is 0 Å². The van der Waals surface area contributed by atoms with Gasteiger partial charge in [0.1, 0.15) is 0 Å². The molecule has 0 bridgehead atoms. The number of rotatable bonds is 2. The van der Waals surface area contributed by atoms with Gasteiger partial charge in [0.25, 0.3) is 0 Å². The molecule has 1 rings (SSSR count). The van der Waals surface area contributed by atoms with Crippen LogP contribution in [0.2, 0.25) is 6.55 Å². The van der Waals surface area contributed by atoms with E-state index in [4.69, 9.17) is 4.43 Å². The van der Waals surface area contributed by atoms with Crippen LogP contribution in [0.1, 0.15) is 51.4 Å². The van der Waals surface area contributed by atoms with E-state index in [0.29, 0.717) is 9.76 Å². The summed E-state index contributed by atoms with van der Waals surface area (Å²) in [7, 11) is 0.611. The van der Waals surface area contributed by atoms with Gasteiger partial charge in [-0.05, 0) is 31.9 Å². The van der Waals surface area contributed by atoms with E-state index in [0.717, 1.165) is 0 Å². The quantitative estimate of drug-likeness (QED) is 0.612. The highest BCUT2D eigenvalue weighted by Gasteiger charge is 2.00. The van der Waals surface area contributed by atoms with Crippen LogP contribution in [0.15, 0.2) is 11.8 Å². The van der Waals surface area contributed by atoms with E-state index in [-0.39, 0.29) is 0 Å². The first kappa shape index (κ1) is 10.8. The Labute approximate surface area is 84.5 Å². The molecule has 0 aromatic carbocycles. The van der Waals surface area contributed by atoms with Gasteiger partial charge in [-0.2, -0.15) is 0 Å². The van der Waals surface area contributed by atoms with Crippen molar-refractivity contribution in [3.8, 4) is 0 Å². The van der Waals surface area contributed by atoms with E-state index in [1.165, 1.54) is 57.1 Å². The molecule has 0 fully saturated rings. The van der Waals surface area contributed by atoms with Gasteiger partial charge < -0.3 is 4.43 Å². The average molecular weight is 196 g/mol. The van der Waals surface area contributed by atoms with Gasteiger partial charge in [-0.1, -0.05) is 25.7 Å². The fraction of sp³-hybridized carbons (Fsp3) is 0.818. The van der Waals surface area contributed by atoms with Crippen molar-refractivity contribution in [3.63, 3.8) is 0 Å². The van der Waals surface area contributed by atoms with E-state index in [2.05, 4.69) is 12.6 Å². The SMILES string of the molecule is C[Si]O/C1=C/CCCCCCCC1. The van der Waals surface area contributed by atoms with Crippen molar-refractivity contribution in [2.24, 2.45) is 0 Å². The Morgan fingerprint density at radius 2 is 1.77 bits per heavy atom. The molecule has 0 unspecified atom stereocenters. The zero-order chi connectivity index (χ0) is 9.36. The second-order valence-corrected chi connectivity index (χ2v) is 4.25. The van der Waals surface area contributed by atoms with Crippen molar-refractivity contribution in [1.82, 2.24) is 0 Å². The molecule has 0 amide bonds. The van der Waals surface area contributed by atoms with Crippen LogP contribution in [0, 0.1) is 0 Å². The molecule has 0 heterocycles. The first-order chi connectivity index (χ1) is 6.43. The predicted octanol–water partition coefficient (Wildman–Crippen LogP) is 3.69. The summed E-state index contributed by atoms with van der Waals surface area (Å²) in [5, 5.41) is 0. The van der Waals surface area contributed by atoms with Gasteiger partial charge in [-0.25, -0.2) is 0 Å². The van der Waals surface area contributed by atoms with Crippen LogP contribution in [0.3, 0.4) is 0 Å². The minimum Gasteiger partial charge on any atom is -0.544 e. The van der Waals surface area contributed by atoms with Crippen molar-refractivity contribution in [1.29, 1.82) is 0 Å². The molecule has 0 aliphatic heterocycles. The molecule has 0 N–H and O–H groups in total. The smallest absolute Gasteiger partial charge is 0.306 e. The van der Waals surface area contributed by atoms with Gasteiger partial charge in [-0.15, -0.1) is 0 Å². The second kappa shape index (κ2) is 7.19. The third kappa shape index (κ3) is 5.14. The summed E-state index contributed by atoms with van der Waals surface area (Å²) in [6.45, 7) is 2.10. The average Bonchev–Trinajstić information content (AvgIpc) is 2.16. The van der Waals surface area contributed by atoms with E-state index in [1.54, 1.807) is 0 Å². The molecular weight excluding hydrogens is 176 g/mol. The summed E-state index contributed by atoms with van der Waals surface area (Å²) in [6.07, 6.45) is 13.0. The predicted molar refractivity (Wildman–Crippen MR) is 57.7 cm³/mol. The molecule has 1 nitrogen and oxygen atoms in total. The Kier molecular flexibility index (Phi) is 5.99. The van der Waals surface area contributed by atoms with Crippen molar-refractivity contribution in [2.75, 3.05) is 0 Å². The third-order valence-corrected chi connectivity index (χ3v) is 2.95. The van der Waals surface area contributed by atoms with Crippen molar-refractivity contribution < 1.29 is 4.43 Å². The van der Waals surface area contributed by atoms with Crippen LogP contribution in [0.5, 0.6) is 0 Å². The maximum Gasteiger partial charge on any atom is 0.306 e. The van der Waals surface area contributed by atoms with Gasteiger partial charge in [0.2, 0.25) is 0 Å². The Bertz CT molecular complexity index is 154. The van der Waals surface area contributed by atoms with Crippen molar-refractivity contribution in [2.45, 2.75) is 57.9 Å². The maximum absolute atomic E-state index is 5.60. The number of hydrogen-bond acceptors (Lipinski definition) is 1. The molecule has 13 heavy (non-hydrogen) atoms. The van der Waals surface area contributed by atoms with Crippen LogP contribution < -0.4 is 0 Å². The number of hydrogen-bond donors (Lipinski definition) is 0.